The number of rotatable bonds is 7. The summed E-state index contributed by atoms with van der Waals surface area (Å²) in [7, 11) is 0. The molecule has 0 saturated heterocycles. The third kappa shape index (κ3) is 7.41. The molecule has 0 aliphatic heterocycles. The average Bonchev–Trinajstić information content (AvgIpc) is 2.36. The van der Waals surface area contributed by atoms with Gasteiger partial charge in [0.2, 0.25) is 0 Å². The number of carbonyl (C=O) groups is 1. The number of carbonyl (C=O) groups excluding carboxylic acids is 1. The summed E-state index contributed by atoms with van der Waals surface area (Å²) in [5, 5.41) is 2.18. The van der Waals surface area contributed by atoms with E-state index in [0.29, 0.717) is 19.8 Å². The molecule has 1 N–H and O–H groups in total. The van der Waals surface area contributed by atoms with Gasteiger partial charge in [-0.25, -0.2) is 0 Å². The van der Waals surface area contributed by atoms with E-state index in [1.807, 2.05) is 44.2 Å². The van der Waals surface area contributed by atoms with Crippen LogP contribution in [0.25, 0.3) is 0 Å². The second-order valence-corrected chi connectivity index (χ2v) is 4.55. The van der Waals surface area contributed by atoms with Crippen molar-refractivity contribution >= 4 is 17.9 Å². The standard InChI is InChI=1S/C14H19NO3S/c1-11(2)7-9-17-12-3-5-13(6-4-12)18-10-8-15-14(16)19/h3-7H,8-10H2,1-2H3,(H2,15,16,19). The highest BCUT2D eigenvalue weighted by atomic mass is 32.1. The summed E-state index contributed by atoms with van der Waals surface area (Å²) >= 11 is 3.59. The van der Waals surface area contributed by atoms with Gasteiger partial charge in [-0.1, -0.05) is 18.2 Å². The van der Waals surface area contributed by atoms with Gasteiger partial charge in [-0.15, -0.1) is 0 Å². The number of nitrogens with one attached hydrogen (secondary N) is 1. The van der Waals surface area contributed by atoms with Gasteiger partial charge in [-0.05, 0) is 44.2 Å². The van der Waals surface area contributed by atoms with Crippen LogP contribution in [-0.2, 0) is 0 Å². The first kappa shape index (κ1) is 15.4. The van der Waals surface area contributed by atoms with Crippen LogP contribution in [0.5, 0.6) is 11.5 Å². The van der Waals surface area contributed by atoms with Crippen molar-refractivity contribution in [3.63, 3.8) is 0 Å². The normalized spacial score (nSPS) is 9.63. The molecule has 0 aliphatic rings. The zero-order valence-electron chi connectivity index (χ0n) is 11.2. The molecule has 0 fully saturated rings. The van der Waals surface area contributed by atoms with E-state index in [1.54, 1.807) is 0 Å². The lowest BCUT2D eigenvalue weighted by Crippen LogP contribution is -2.22. The Morgan fingerprint density at radius 2 is 1.79 bits per heavy atom. The molecule has 0 heterocycles. The number of amides is 1. The van der Waals surface area contributed by atoms with Crippen molar-refractivity contribution in [3.05, 3.63) is 35.9 Å². The fourth-order valence-electron chi connectivity index (χ4n) is 1.26. The Balaban J connectivity index is 2.31. The number of allylic oxidation sites excluding steroid dienone is 1. The lowest BCUT2D eigenvalue weighted by atomic mass is 10.3. The van der Waals surface area contributed by atoms with Gasteiger partial charge >= 0.3 is 0 Å². The van der Waals surface area contributed by atoms with E-state index in [2.05, 4.69) is 17.9 Å². The molecule has 0 radical (unpaired) electrons. The minimum absolute atomic E-state index is 0.355. The number of hydrogen-bond acceptors (Lipinski definition) is 3. The highest BCUT2D eigenvalue weighted by Crippen LogP contribution is 2.17. The van der Waals surface area contributed by atoms with Crippen molar-refractivity contribution < 1.29 is 14.3 Å². The summed E-state index contributed by atoms with van der Waals surface area (Å²) in [6, 6.07) is 7.37. The molecule has 0 saturated carbocycles. The van der Waals surface area contributed by atoms with Crippen LogP contribution in [0.2, 0.25) is 0 Å². The quantitative estimate of drug-likeness (QED) is 0.459. The van der Waals surface area contributed by atoms with Crippen LogP contribution in [0.1, 0.15) is 13.8 Å². The van der Waals surface area contributed by atoms with Gasteiger partial charge in [-0.3, -0.25) is 4.79 Å². The monoisotopic (exact) mass is 281 g/mol. The molecule has 0 spiro atoms. The van der Waals surface area contributed by atoms with Crippen LogP contribution >= 0.6 is 12.6 Å². The highest BCUT2D eigenvalue weighted by Gasteiger charge is 1.97. The van der Waals surface area contributed by atoms with Crippen molar-refractivity contribution in [1.82, 2.24) is 5.32 Å². The summed E-state index contributed by atoms with van der Waals surface area (Å²) in [4.78, 5) is 10.5. The van der Waals surface area contributed by atoms with Crippen LogP contribution in [0.4, 0.5) is 4.79 Å². The topological polar surface area (TPSA) is 47.6 Å². The Hall–Kier alpha value is -1.62. The second kappa shape index (κ2) is 8.48. The molecule has 19 heavy (non-hydrogen) atoms. The zero-order valence-corrected chi connectivity index (χ0v) is 12.1. The van der Waals surface area contributed by atoms with E-state index in [9.17, 15) is 4.79 Å². The Bertz CT molecular complexity index is 425. The molecule has 0 unspecified atom stereocenters. The number of hydrogen-bond donors (Lipinski definition) is 2. The highest BCUT2D eigenvalue weighted by molar-refractivity contribution is 7.96. The maximum Gasteiger partial charge on any atom is 0.276 e. The summed E-state index contributed by atoms with van der Waals surface area (Å²) in [6.07, 6.45) is 2.02. The first-order valence-electron chi connectivity index (χ1n) is 6.04. The third-order valence-corrected chi connectivity index (χ3v) is 2.37. The van der Waals surface area contributed by atoms with Gasteiger partial charge in [0, 0.05) is 0 Å². The molecule has 1 amide bonds. The maximum absolute atomic E-state index is 10.5. The van der Waals surface area contributed by atoms with Crippen LogP contribution in [-0.4, -0.2) is 25.0 Å². The lowest BCUT2D eigenvalue weighted by molar-refractivity contribution is 0.256. The van der Waals surface area contributed by atoms with Crippen molar-refractivity contribution in [1.29, 1.82) is 0 Å². The van der Waals surface area contributed by atoms with E-state index >= 15 is 0 Å². The van der Waals surface area contributed by atoms with Gasteiger partial charge in [0.05, 0.1) is 6.54 Å². The minimum atomic E-state index is -0.355. The van der Waals surface area contributed by atoms with Crippen LogP contribution in [0.15, 0.2) is 35.9 Å². The molecular formula is C14H19NO3S. The molecule has 104 valence electrons. The van der Waals surface area contributed by atoms with Crippen molar-refractivity contribution in [2.75, 3.05) is 19.8 Å². The third-order valence-electron chi connectivity index (χ3n) is 2.21. The van der Waals surface area contributed by atoms with Gasteiger partial charge in [0.25, 0.3) is 5.24 Å². The first-order valence-corrected chi connectivity index (χ1v) is 6.48. The Morgan fingerprint density at radius 3 is 2.32 bits per heavy atom. The maximum atomic E-state index is 10.5. The summed E-state index contributed by atoms with van der Waals surface area (Å²) < 4.78 is 11.0. The number of thiol groups is 1. The second-order valence-electron chi connectivity index (χ2n) is 4.14. The molecule has 5 heteroatoms. The van der Waals surface area contributed by atoms with E-state index in [0.717, 1.165) is 11.5 Å². The molecule has 0 aromatic heterocycles. The van der Waals surface area contributed by atoms with E-state index in [1.165, 1.54) is 5.57 Å². The fraction of sp³-hybridized carbons (Fsp3) is 0.357. The summed E-state index contributed by atoms with van der Waals surface area (Å²) in [6.45, 7) is 5.47. The fourth-order valence-corrected chi connectivity index (χ4v) is 1.38. The largest absolute Gasteiger partial charge is 0.492 e. The summed E-state index contributed by atoms with van der Waals surface area (Å²) in [5.74, 6) is 1.54. The van der Waals surface area contributed by atoms with E-state index in [4.69, 9.17) is 9.47 Å². The molecule has 1 aromatic carbocycles. The van der Waals surface area contributed by atoms with Gasteiger partial charge in [0.1, 0.15) is 24.7 Å². The van der Waals surface area contributed by atoms with E-state index < -0.39 is 0 Å². The Labute approximate surface area is 119 Å². The average molecular weight is 281 g/mol. The van der Waals surface area contributed by atoms with Crippen molar-refractivity contribution in [2.24, 2.45) is 0 Å². The minimum Gasteiger partial charge on any atom is -0.492 e. The number of benzene rings is 1. The molecule has 4 nitrogen and oxygen atoms in total. The molecule has 1 aromatic rings. The van der Waals surface area contributed by atoms with Crippen molar-refractivity contribution in [3.8, 4) is 11.5 Å². The molecule has 1 rings (SSSR count). The molecule has 0 aliphatic carbocycles. The molecule has 0 bridgehead atoms. The van der Waals surface area contributed by atoms with Gasteiger partial charge in [0.15, 0.2) is 0 Å². The smallest absolute Gasteiger partial charge is 0.276 e. The van der Waals surface area contributed by atoms with Crippen LogP contribution in [0.3, 0.4) is 0 Å². The lowest BCUT2D eigenvalue weighted by Gasteiger charge is -2.08. The molecular weight excluding hydrogens is 262 g/mol. The summed E-state index contributed by atoms with van der Waals surface area (Å²) in [5.41, 5.74) is 1.23. The van der Waals surface area contributed by atoms with E-state index in [-0.39, 0.29) is 5.24 Å². The number of ether oxygens (including phenoxy) is 2. The first-order chi connectivity index (χ1) is 9.08. The SMILES string of the molecule is CC(C)=CCOc1ccc(OCCNC(=O)S)cc1. The van der Waals surface area contributed by atoms with Gasteiger partial charge < -0.3 is 14.8 Å². The Kier molecular flexibility index (Phi) is 6.89. The zero-order chi connectivity index (χ0) is 14.1. The van der Waals surface area contributed by atoms with Crippen molar-refractivity contribution in [2.45, 2.75) is 13.8 Å². The van der Waals surface area contributed by atoms with Gasteiger partial charge in [-0.2, -0.15) is 0 Å². The predicted octanol–water partition coefficient (Wildman–Crippen LogP) is 3.05. The molecule has 0 atom stereocenters. The van der Waals surface area contributed by atoms with Crippen LogP contribution in [0, 0.1) is 0 Å². The predicted molar refractivity (Wildman–Crippen MR) is 79.2 cm³/mol. The van der Waals surface area contributed by atoms with Crippen LogP contribution < -0.4 is 14.8 Å². The Morgan fingerprint density at radius 1 is 1.21 bits per heavy atom.